The van der Waals surface area contributed by atoms with E-state index in [9.17, 15) is 19.2 Å². The predicted molar refractivity (Wildman–Crippen MR) is 114 cm³/mol. The van der Waals surface area contributed by atoms with Crippen LogP contribution in [0, 0.1) is 12.8 Å². The molecule has 0 aliphatic carbocycles. The second kappa shape index (κ2) is 8.14. The van der Waals surface area contributed by atoms with Gasteiger partial charge in [0.1, 0.15) is 11.6 Å². The number of esters is 1. The molecule has 0 spiro atoms. The fraction of sp³-hybridized carbons (Fsp3) is 0.261. The van der Waals surface area contributed by atoms with E-state index in [-0.39, 0.29) is 18.7 Å². The Labute approximate surface area is 177 Å². The second-order valence-corrected chi connectivity index (χ2v) is 7.41. The Kier molecular flexibility index (Phi) is 5.37. The van der Waals surface area contributed by atoms with Crippen LogP contribution in [0.2, 0.25) is 0 Å². The first-order valence-corrected chi connectivity index (χ1v) is 9.99. The van der Waals surface area contributed by atoms with Crippen LogP contribution in [0.3, 0.4) is 0 Å². The largest absolute Gasteiger partial charge is 0.465 e. The first kappa shape index (κ1) is 20.5. The third-order valence-electron chi connectivity index (χ3n) is 5.34. The number of aromatic amines is 1. The van der Waals surface area contributed by atoms with Crippen molar-refractivity contribution in [1.29, 1.82) is 0 Å². The zero-order valence-electron chi connectivity index (χ0n) is 17.1. The average Bonchev–Trinajstić information content (AvgIpc) is 3.03. The van der Waals surface area contributed by atoms with Gasteiger partial charge in [-0.05, 0) is 38.1 Å². The molecule has 31 heavy (non-hydrogen) atoms. The number of aromatic nitrogens is 2. The van der Waals surface area contributed by atoms with Crippen molar-refractivity contribution < 1.29 is 19.1 Å². The summed E-state index contributed by atoms with van der Waals surface area (Å²) >= 11 is 0. The van der Waals surface area contributed by atoms with Crippen molar-refractivity contribution in [3.63, 3.8) is 0 Å². The van der Waals surface area contributed by atoms with E-state index in [2.05, 4.69) is 9.97 Å². The van der Waals surface area contributed by atoms with Crippen LogP contribution in [-0.2, 0) is 19.1 Å². The third kappa shape index (κ3) is 3.72. The molecule has 1 aromatic heterocycles. The van der Waals surface area contributed by atoms with Gasteiger partial charge in [0.25, 0.3) is 5.56 Å². The molecule has 2 amide bonds. The van der Waals surface area contributed by atoms with E-state index in [0.29, 0.717) is 16.7 Å². The number of carbonyl (C=O) groups excluding carboxylic acids is 3. The average molecular weight is 419 g/mol. The molecule has 158 valence electrons. The Morgan fingerprint density at radius 3 is 2.58 bits per heavy atom. The summed E-state index contributed by atoms with van der Waals surface area (Å²) < 4.78 is 5.16. The molecule has 0 saturated carbocycles. The minimum atomic E-state index is -1.29. The van der Waals surface area contributed by atoms with Crippen LogP contribution >= 0.6 is 0 Å². The fourth-order valence-corrected chi connectivity index (χ4v) is 3.83. The van der Waals surface area contributed by atoms with E-state index < -0.39 is 35.2 Å². The van der Waals surface area contributed by atoms with Gasteiger partial charge in [-0.25, -0.2) is 4.98 Å². The van der Waals surface area contributed by atoms with Crippen molar-refractivity contribution >= 4 is 34.5 Å². The number of nitrogens with one attached hydrogen (secondary N) is 1. The van der Waals surface area contributed by atoms with Gasteiger partial charge in [-0.3, -0.25) is 24.1 Å². The number of hydrogen-bond donors (Lipinski definition) is 1. The highest BCUT2D eigenvalue weighted by molar-refractivity contribution is 6.22. The molecular weight excluding hydrogens is 398 g/mol. The maximum Gasteiger partial charge on any atom is 0.316 e. The van der Waals surface area contributed by atoms with E-state index in [4.69, 9.17) is 4.74 Å². The maximum absolute atomic E-state index is 13.3. The van der Waals surface area contributed by atoms with Gasteiger partial charge in [-0.15, -0.1) is 0 Å². The number of anilines is 1. The smallest absolute Gasteiger partial charge is 0.316 e. The maximum atomic E-state index is 13.3. The second-order valence-electron chi connectivity index (χ2n) is 7.41. The zero-order valence-corrected chi connectivity index (χ0v) is 17.1. The number of benzene rings is 2. The molecule has 3 aromatic rings. The monoisotopic (exact) mass is 419 g/mol. The van der Waals surface area contributed by atoms with Crippen molar-refractivity contribution in [1.82, 2.24) is 9.97 Å². The molecule has 0 radical (unpaired) electrons. The number of nitrogens with zero attached hydrogens (tertiary/aromatic N) is 2. The Bertz CT molecular complexity index is 1230. The number of rotatable bonds is 5. The van der Waals surface area contributed by atoms with Crippen LogP contribution in [-0.4, -0.2) is 34.4 Å². The third-order valence-corrected chi connectivity index (χ3v) is 5.34. The van der Waals surface area contributed by atoms with Crippen LogP contribution in [0.15, 0.2) is 53.3 Å². The quantitative estimate of drug-likeness (QED) is 0.503. The summed E-state index contributed by atoms with van der Waals surface area (Å²) in [5.41, 5.74) is 1.66. The summed E-state index contributed by atoms with van der Waals surface area (Å²) in [5, 5.41) is 0. The topological polar surface area (TPSA) is 109 Å². The highest BCUT2D eigenvalue weighted by Gasteiger charge is 2.48. The molecule has 1 aliphatic heterocycles. The van der Waals surface area contributed by atoms with Gasteiger partial charge in [0.15, 0.2) is 0 Å². The first-order chi connectivity index (χ1) is 14.9. The highest BCUT2D eigenvalue weighted by Crippen LogP contribution is 2.36. The van der Waals surface area contributed by atoms with Crippen LogP contribution in [0.25, 0.3) is 11.0 Å². The molecule has 8 nitrogen and oxygen atoms in total. The summed E-state index contributed by atoms with van der Waals surface area (Å²) in [6.45, 7) is 3.60. The lowest BCUT2D eigenvalue weighted by Crippen LogP contribution is -2.36. The summed E-state index contributed by atoms with van der Waals surface area (Å²) in [4.78, 5) is 59.8. The summed E-state index contributed by atoms with van der Waals surface area (Å²) in [6, 6.07) is 13.8. The minimum Gasteiger partial charge on any atom is -0.465 e. The summed E-state index contributed by atoms with van der Waals surface area (Å²) in [6.07, 6.45) is -0.218. The van der Waals surface area contributed by atoms with Gasteiger partial charge >= 0.3 is 5.97 Å². The van der Waals surface area contributed by atoms with Gasteiger partial charge < -0.3 is 9.72 Å². The number of aryl methyl sites for hydroxylation is 1. The lowest BCUT2D eigenvalue weighted by molar-refractivity contribution is -0.148. The zero-order chi connectivity index (χ0) is 22.1. The number of carbonyl (C=O) groups is 3. The molecule has 2 atom stereocenters. The number of H-pyrrole nitrogens is 1. The SMILES string of the molecule is CCOC(=O)C(c1nc2ccccc2[nH]c1=O)C1CC(=O)N(c2ccc(C)cc2)C1=O. The normalized spacial score (nSPS) is 17.2. The number of ether oxygens (including phenoxy) is 1. The fourth-order valence-electron chi connectivity index (χ4n) is 3.83. The summed E-state index contributed by atoms with van der Waals surface area (Å²) in [5.74, 6) is -4.12. The molecule has 1 fully saturated rings. The number of amides is 2. The molecule has 4 rings (SSSR count). The van der Waals surface area contributed by atoms with E-state index in [1.165, 1.54) is 0 Å². The van der Waals surface area contributed by atoms with Crippen LogP contribution in [0.5, 0.6) is 0 Å². The van der Waals surface area contributed by atoms with Crippen LogP contribution < -0.4 is 10.5 Å². The van der Waals surface area contributed by atoms with Gasteiger partial charge in [-0.2, -0.15) is 0 Å². The van der Waals surface area contributed by atoms with E-state index in [0.717, 1.165) is 10.5 Å². The van der Waals surface area contributed by atoms with Crippen molar-refractivity contribution in [3.8, 4) is 0 Å². The van der Waals surface area contributed by atoms with Crippen molar-refractivity contribution in [3.05, 3.63) is 70.1 Å². The predicted octanol–water partition coefficient (Wildman–Crippen LogP) is 2.46. The van der Waals surface area contributed by atoms with Gasteiger partial charge in [0.2, 0.25) is 11.8 Å². The standard InChI is InChI=1S/C23H21N3O5/c1-3-31-23(30)19(20-21(28)25-17-7-5-4-6-16(17)24-20)15-12-18(27)26(22(15)29)14-10-8-13(2)9-11-14/h4-11,15,19H,3,12H2,1-2H3,(H,25,28). The van der Waals surface area contributed by atoms with Crippen LogP contribution in [0.1, 0.15) is 30.5 Å². The van der Waals surface area contributed by atoms with Crippen molar-refractivity contribution in [2.24, 2.45) is 5.92 Å². The number of imide groups is 1. The van der Waals surface area contributed by atoms with Crippen LogP contribution in [0.4, 0.5) is 5.69 Å². The first-order valence-electron chi connectivity index (χ1n) is 9.99. The lowest BCUT2D eigenvalue weighted by atomic mass is 9.88. The highest BCUT2D eigenvalue weighted by atomic mass is 16.5. The number of para-hydroxylation sites is 2. The Morgan fingerprint density at radius 2 is 1.87 bits per heavy atom. The van der Waals surface area contributed by atoms with E-state index >= 15 is 0 Å². The molecule has 2 unspecified atom stereocenters. The molecule has 0 bridgehead atoms. The number of hydrogen-bond acceptors (Lipinski definition) is 6. The number of fused-ring (bicyclic) bond motifs is 1. The van der Waals surface area contributed by atoms with Gasteiger partial charge in [0.05, 0.1) is 29.2 Å². The minimum absolute atomic E-state index is 0.0668. The molecule has 1 saturated heterocycles. The molecule has 2 heterocycles. The molecular formula is C23H21N3O5. The molecule has 8 heteroatoms. The molecule has 2 aromatic carbocycles. The van der Waals surface area contributed by atoms with Crippen molar-refractivity contribution in [2.75, 3.05) is 11.5 Å². The molecule has 1 N–H and O–H groups in total. The summed E-state index contributed by atoms with van der Waals surface area (Å²) in [7, 11) is 0. The van der Waals surface area contributed by atoms with Gasteiger partial charge in [0, 0.05) is 6.42 Å². The van der Waals surface area contributed by atoms with Crippen molar-refractivity contribution in [2.45, 2.75) is 26.2 Å². The Hall–Kier alpha value is -3.81. The van der Waals surface area contributed by atoms with E-state index in [1.54, 1.807) is 55.5 Å². The van der Waals surface area contributed by atoms with Gasteiger partial charge in [-0.1, -0.05) is 29.8 Å². The Balaban J connectivity index is 1.79. The lowest BCUT2D eigenvalue weighted by Gasteiger charge is -2.20. The van der Waals surface area contributed by atoms with E-state index in [1.807, 2.05) is 6.92 Å². The Morgan fingerprint density at radius 1 is 1.16 bits per heavy atom. The molecule has 1 aliphatic rings.